The molecule has 1 aliphatic carbocycles. The predicted octanol–water partition coefficient (Wildman–Crippen LogP) is 2.28. The molecule has 2 heterocycles. The van der Waals surface area contributed by atoms with E-state index in [4.69, 9.17) is 0 Å². The van der Waals surface area contributed by atoms with Crippen molar-refractivity contribution in [3.05, 3.63) is 75.7 Å². The lowest BCUT2D eigenvalue weighted by molar-refractivity contribution is 0.0872. The topological polar surface area (TPSA) is 78.1 Å². The number of fused-ring (bicyclic) bond motifs is 2. The standard InChI is InChI=1S/C23H24N4O2/c28-22-20-10-4-3-9-19(20)21(25-26-22)23(29)24-17-8-5-11-27(14-17)18-12-15-6-1-2-7-16(15)13-18/h1-4,6-7,9-10,17-18H,5,8,11-14H2,(H,24,29)(H,26,28)/t17-/m0/s1. The van der Waals surface area contributed by atoms with Crippen molar-refractivity contribution in [1.82, 2.24) is 20.4 Å². The molecule has 148 valence electrons. The van der Waals surface area contributed by atoms with Gasteiger partial charge in [-0.3, -0.25) is 14.5 Å². The Hall–Kier alpha value is -2.99. The summed E-state index contributed by atoms with van der Waals surface area (Å²) in [5.41, 5.74) is 2.91. The van der Waals surface area contributed by atoms with Crippen molar-refractivity contribution < 1.29 is 4.79 Å². The van der Waals surface area contributed by atoms with Gasteiger partial charge in [0.25, 0.3) is 11.5 Å². The Kier molecular flexibility index (Phi) is 4.64. The third kappa shape index (κ3) is 3.44. The molecular formula is C23H24N4O2. The minimum absolute atomic E-state index is 0.0902. The second-order valence-electron chi connectivity index (χ2n) is 8.09. The molecule has 0 unspecified atom stereocenters. The van der Waals surface area contributed by atoms with E-state index in [-0.39, 0.29) is 23.2 Å². The molecule has 3 aromatic rings. The summed E-state index contributed by atoms with van der Waals surface area (Å²) < 4.78 is 0. The summed E-state index contributed by atoms with van der Waals surface area (Å²) in [6.07, 6.45) is 4.20. The molecule has 1 aliphatic heterocycles. The Morgan fingerprint density at radius 1 is 1.03 bits per heavy atom. The summed E-state index contributed by atoms with van der Waals surface area (Å²) in [5.74, 6) is -0.223. The highest BCUT2D eigenvalue weighted by Gasteiger charge is 2.31. The number of benzene rings is 2. The summed E-state index contributed by atoms with van der Waals surface area (Å²) >= 11 is 0. The Morgan fingerprint density at radius 2 is 1.72 bits per heavy atom. The number of carbonyl (C=O) groups excluding carboxylic acids is 1. The number of hydrogen-bond acceptors (Lipinski definition) is 4. The Balaban J connectivity index is 1.30. The first-order valence-corrected chi connectivity index (χ1v) is 10.3. The van der Waals surface area contributed by atoms with Crippen molar-refractivity contribution in [3.63, 3.8) is 0 Å². The number of amides is 1. The molecule has 2 aliphatic rings. The number of aromatic amines is 1. The average molecular weight is 388 g/mol. The van der Waals surface area contributed by atoms with Crippen molar-refractivity contribution >= 4 is 16.7 Å². The minimum atomic E-state index is -0.276. The molecule has 2 aromatic carbocycles. The van der Waals surface area contributed by atoms with Gasteiger partial charge in [0.2, 0.25) is 0 Å². The van der Waals surface area contributed by atoms with Gasteiger partial charge in [-0.1, -0.05) is 42.5 Å². The molecular weight excluding hydrogens is 364 g/mol. The average Bonchev–Trinajstić information content (AvgIpc) is 3.19. The fraction of sp³-hybridized carbons (Fsp3) is 0.348. The van der Waals surface area contributed by atoms with Gasteiger partial charge < -0.3 is 5.32 Å². The zero-order chi connectivity index (χ0) is 19.8. The molecule has 0 spiro atoms. The van der Waals surface area contributed by atoms with E-state index in [0.717, 1.165) is 38.8 Å². The van der Waals surface area contributed by atoms with Crippen LogP contribution in [0.4, 0.5) is 0 Å². The molecule has 1 aromatic heterocycles. The second kappa shape index (κ2) is 7.44. The molecule has 29 heavy (non-hydrogen) atoms. The van der Waals surface area contributed by atoms with E-state index in [9.17, 15) is 9.59 Å². The number of carbonyl (C=O) groups is 1. The van der Waals surface area contributed by atoms with Crippen LogP contribution < -0.4 is 10.9 Å². The maximum atomic E-state index is 12.9. The fourth-order valence-electron chi connectivity index (χ4n) is 4.79. The monoisotopic (exact) mass is 388 g/mol. The molecule has 6 nitrogen and oxygen atoms in total. The number of nitrogens with one attached hydrogen (secondary N) is 2. The smallest absolute Gasteiger partial charge is 0.272 e. The van der Waals surface area contributed by atoms with Crippen molar-refractivity contribution in [3.8, 4) is 0 Å². The molecule has 1 amide bonds. The van der Waals surface area contributed by atoms with Crippen molar-refractivity contribution in [2.75, 3.05) is 13.1 Å². The highest BCUT2D eigenvalue weighted by atomic mass is 16.2. The number of piperidine rings is 1. The normalized spacial score (nSPS) is 19.9. The van der Waals surface area contributed by atoms with Crippen LogP contribution in [-0.2, 0) is 12.8 Å². The SMILES string of the molecule is O=C(N[C@H]1CCCN(C2Cc3ccccc3C2)C1)c1n[nH]c(=O)c2ccccc12. The van der Waals surface area contributed by atoms with E-state index in [1.807, 2.05) is 6.07 Å². The Morgan fingerprint density at radius 3 is 2.48 bits per heavy atom. The molecule has 0 radical (unpaired) electrons. The van der Waals surface area contributed by atoms with Crippen LogP contribution in [0, 0.1) is 0 Å². The van der Waals surface area contributed by atoms with Gasteiger partial charge in [0.05, 0.1) is 5.39 Å². The number of rotatable bonds is 3. The van der Waals surface area contributed by atoms with Crippen molar-refractivity contribution in [1.29, 1.82) is 0 Å². The van der Waals surface area contributed by atoms with Gasteiger partial charge in [0.1, 0.15) is 0 Å². The van der Waals surface area contributed by atoms with Gasteiger partial charge in [0, 0.05) is 24.0 Å². The van der Waals surface area contributed by atoms with Crippen LogP contribution >= 0.6 is 0 Å². The summed E-state index contributed by atoms with van der Waals surface area (Å²) in [5, 5.41) is 10.7. The lowest BCUT2D eigenvalue weighted by atomic mass is 10.0. The molecule has 1 saturated heterocycles. The molecule has 1 atom stereocenters. The van der Waals surface area contributed by atoms with E-state index in [2.05, 4.69) is 44.7 Å². The molecule has 1 fully saturated rings. The van der Waals surface area contributed by atoms with Gasteiger partial charge in [-0.25, -0.2) is 5.10 Å². The third-order valence-corrected chi connectivity index (χ3v) is 6.25. The number of hydrogen-bond donors (Lipinski definition) is 2. The van der Waals surface area contributed by atoms with Crippen LogP contribution in [0.25, 0.3) is 10.8 Å². The van der Waals surface area contributed by atoms with Crippen LogP contribution in [0.1, 0.15) is 34.5 Å². The molecule has 5 rings (SSSR count). The predicted molar refractivity (Wildman–Crippen MR) is 112 cm³/mol. The van der Waals surface area contributed by atoms with Gasteiger partial charge in [-0.05, 0) is 49.4 Å². The lowest BCUT2D eigenvalue weighted by Crippen LogP contribution is -2.51. The zero-order valence-corrected chi connectivity index (χ0v) is 16.2. The molecule has 6 heteroatoms. The molecule has 2 N–H and O–H groups in total. The molecule has 0 bridgehead atoms. The van der Waals surface area contributed by atoms with Crippen LogP contribution in [0.15, 0.2) is 53.3 Å². The summed E-state index contributed by atoms with van der Waals surface area (Å²) in [7, 11) is 0. The summed E-state index contributed by atoms with van der Waals surface area (Å²) in [6.45, 7) is 1.93. The van der Waals surface area contributed by atoms with Gasteiger partial charge >= 0.3 is 0 Å². The van der Waals surface area contributed by atoms with Crippen LogP contribution in [0.3, 0.4) is 0 Å². The third-order valence-electron chi connectivity index (χ3n) is 6.25. The van der Waals surface area contributed by atoms with Crippen molar-refractivity contribution in [2.24, 2.45) is 0 Å². The van der Waals surface area contributed by atoms with Crippen LogP contribution in [0.2, 0.25) is 0 Å². The summed E-state index contributed by atoms with van der Waals surface area (Å²) in [6, 6.07) is 16.4. The minimum Gasteiger partial charge on any atom is -0.347 e. The van der Waals surface area contributed by atoms with Crippen LogP contribution in [0.5, 0.6) is 0 Å². The van der Waals surface area contributed by atoms with E-state index in [0.29, 0.717) is 16.8 Å². The van der Waals surface area contributed by atoms with Gasteiger partial charge in [-0.2, -0.15) is 5.10 Å². The van der Waals surface area contributed by atoms with Crippen molar-refractivity contribution in [2.45, 2.75) is 37.8 Å². The lowest BCUT2D eigenvalue weighted by Gasteiger charge is -2.37. The second-order valence-corrected chi connectivity index (χ2v) is 8.09. The number of nitrogens with zero attached hydrogens (tertiary/aromatic N) is 2. The first-order chi connectivity index (χ1) is 14.2. The number of likely N-dealkylation sites (tertiary alicyclic amines) is 1. The fourth-order valence-corrected chi connectivity index (χ4v) is 4.79. The Labute approximate surface area is 168 Å². The van der Waals surface area contributed by atoms with E-state index in [1.54, 1.807) is 18.2 Å². The van der Waals surface area contributed by atoms with E-state index in [1.165, 1.54) is 11.1 Å². The first kappa shape index (κ1) is 18.1. The van der Waals surface area contributed by atoms with Crippen LogP contribution in [-0.4, -0.2) is 46.2 Å². The molecule has 0 saturated carbocycles. The number of H-pyrrole nitrogens is 1. The van der Waals surface area contributed by atoms with Gasteiger partial charge in [-0.15, -0.1) is 0 Å². The largest absolute Gasteiger partial charge is 0.347 e. The zero-order valence-electron chi connectivity index (χ0n) is 16.2. The highest BCUT2D eigenvalue weighted by molar-refractivity contribution is 6.04. The quantitative estimate of drug-likeness (QED) is 0.722. The van der Waals surface area contributed by atoms with E-state index >= 15 is 0 Å². The Bertz CT molecular complexity index is 1100. The summed E-state index contributed by atoms with van der Waals surface area (Å²) in [4.78, 5) is 27.4. The maximum absolute atomic E-state index is 12.9. The van der Waals surface area contributed by atoms with Gasteiger partial charge in [0.15, 0.2) is 5.69 Å². The number of aromatic nitrogens is 2. The van der Waals surface area contributed by atoms with E-state index < -0.39 is 0 Å². The first-order valence-electron chi connectivity index (χ1n) is 10.3. The maximum Gasteiger partial charge on any atom is 0.272 e. The highest BCUT2D eigenvalue weighted by Crippen LogP contribution is 2.27.